The zero-order valence-electron chi connectivity index (χ0n) is 22.1. The lowest BCUT2D eigenvalue weighted by Gasteiger charge is -2.33. The number of benzene rings is 2. The summed E-state index contributed by atoms with van der Waals surface area (Å²) in [4.78, 5) is 39.2. The Morgan fingerprint density at radius 1 is 1.08 bits per heavy atom. The molecule has 0 radical (unpaired) electrons. The molecule has 2 aromatic heterocycles. The average molecular weight is 534 g/mol. The van der Waals surface area contributed by atoms with Gasteiger partial charge in [0.25, 0.3) is 0 Å². The van der Waals surface area contributed by atoms with Crippen LogP contribution in [-0.2, 0) is 27.5 Å². The first-order valence-corrected chi connectivity index (χ1v) is 12.8. The summed E-state index contributed by atoms with van der Waals surface area (Å²) in [6.07, 6.45) is 2.98. The normalized spacial score (nSPS) is 11.9. The molecule has 39 heavy (non-hydrogen) atoms. The van der Waals surface area contributed by atoms with Gasteiger partial charge in [-0.25, -0.2) is 9.59 Å². The molecule has 11 nitrogen and oxygen atoms in total. The first-order valence-electron chi connectivity index (χ1n) is 12.8. The van der Waals surface area contributed by atoms with Crippen LogP contribution >= 0.6 is 0 Å². The van der Waals surface area contributed by atoms with Crippen molar-refractivity contribution in [3.05, 3.63) is 76.7 Å². The van der Waals surface area contributed by atoms with E-state index in [-0.39, 0.29) is 30.7 Å². The van der Waals surface area contributed by atoms with Crippen molar-refractivity contribution in [2.75, 3.05) is 0 Å². The number of tetrazole rings is 1. The summed E-state index contributed by atoms with van der Waals surface area (Å²) in [7, 11) is 0. The first kappa shape index (κ1) is 27.5. The molecule has 2 heterocycles. The van der Waals surface area contributed by atoms with Crippen LogP contribution in [0.2, 0.25) is 0 Å². The van der Waals surface area contributed by atoms with E-state index >= 15 is 0 Å². The summed E-state index contributed by atoms with van der Waals surface area (Å²) < 4.78 is 14.8. The standard InChI is InChI=1S/C28H31N5O6/c1-4-5-10-24(34)33(25(18(2)3)27(35)37-16-21-17-38-28(36)39-21)15-19-11-13-20(14-12-19)22-8-6-7-9-23(22)26-29-31-32-30-26/h6-9,11-14,17-18,25H,4-5,10,15-16H2,1-3H3,(H,29,30,31,32). The average Bonchev–Trinajstić information content (AvgIpc) is 3.62. The van der Waals surface area contributed by atoms with E-state index in [0.29, 0.717) is 18.7 Å². The molecule has 0 spiro atoms. The number of rotatable bonds is 12. The fraction of sp³-hybridized carbons (Fsp3) is 0.357. The van der Waals surface area contributed by atoms with Crippen LogP contribution < -0.4 is 5.82 Å². The summed E-state index contributed by atoms with van der Waals surface area (Å²) in [6, 6.07) is 14.7. The second-order valence-electron chi connectivity index (χ2n) is 9.45. The summed E-state index contributed by atoms with van der Waals surface area (Å²) in [6.45, 7) is 5.70. The largest absolute Gasteiger partial charge is 0.518 e. The fourth-order valence-electron chi connectivity index (χ4n) is 4.32. The van der Waals surface area contributed by atoms with Crippen LogP contribution in [0.5, 0.6) is 0 Å². The molecule has 1 N–H and O–H groups in total. The summed E-state index contributed by atoms with van der Waals surface area (Å²) in [5.74, 6) is -1.22. The van der Waals surface area contributed by atoms with E-state index in [1.165, 1.54) is 0 Å². The van der Waals surface area contributed by atoms with Gasteiger partial charge in [0.1, 0.15) is 12.3 Å². The third kappa shape index (κ3) is 6.86. The Bertz CT molecular complexity index is 1430. The van der Waals surface area contributed by atoms with Gasteiger partial charge in [-0.05, 0) is 34.2 Å². The number of aromatic amines is 1. The molecule has 0 saturated heterocycles. The molecule has 0 aliphatic rings. The zero-order valence-corrected chi connectivity index (χ0v) is 22.1. The van der Waals surface area contributed by atoms with Crippen molar-refractivity contribution in [1.82, 2.24) is 25.5 Å². The number of carbonyl (C=O) groups is 2. The second-order valence-corrected chi connectivity index (χ2v) is 9.45. The Labute approximate surface area is 225 Å². The topological polar surface area (TPSA) is 144 Å². The van der Waals surface area contributed by atoms with Gasteiger partial charge in [0.05, 0.1) is 0 Å². The molecule has 2 aromatic carbocycles. The van der Waals surface area contributed by atoms with Gasteiger partial charge in [0.2, 0.25) is 11.7 Å². The minimum Gasteiger partial charge on any atom is -0.456 e. The summed E-state index contributed by atoms with van der Waals surface area (Å²) >= 11 is 0. The maximum Gasteiger partial charge on any atom is 0.518 e. The maximum absolute atomic E-state index is 13.3. The zero-order chi connectivity index (χ0) is 27.8. The van der Waals surface area contributed by atoms with Gasteiger partial charge >= 0.3 is 11.8 Å². The van der Waals surface area contributed by atoms with E-state index < -0.39 is 17.8 Å². The molecule has 1 atom stereocenters. The molecule has 0 fully saturated rings. The quantitative estimate of drug-likeness (QED) is 0.262. The van der Waals surface area contributed by atoms with Crippen molar-refractivity contribution in [1.29, 1.82) is 0 Å². The van der Waals surface area contributed by atoms with E-state index in [1.54, 1.807) is 4.90 Å². The minimum absolute atomic E-state index is 0.0939. The highest BCUT2D eigenvalue weighted by Crippen LogP contribution is 2.30. The Balaban J connectivity index is 1.56. The molecule has 4 rings (SSSR count). The Morgan fingerprint density at radius 2 is 1.82 bits per heavy atom. The van der Waals surface area contributed by atoms with Crippen molar-refractivity contribution < 1.29 is 23.2 Å². The van der Waals surface area contributed by atoms with Crippen LogP contribution in [0.15, 0.2) is 68.4 Å². The molecule has 1 amide bonds. The van der Waals surface area contributed by atoms with Crippen molar-refractivity contribution in [2.45, 2.75) is 59.2 Å². The van der Waals surface area contributed by atoms with E-state index in [9.17, 15) is 14.4 Å². The van der Waals surface area contributed by atoms with Crippen LogP contribution in [0.3, 0.4) is 0 Å². The number of amides is 1. The molecule has 0 aliphatic heterocycles. The van der Waals surface area contributed by atoms with Gasteiger partial charge in [0.15, 0.2) is 12.4 Å². The second kappa shape index (κ2) is 12.8. The summed E-state index contributed by atoms with van der Waals surface area (Å²) in [5.41, 5.74) is 3.59. The minimum atomic E-state index is -0.874. The fourth-order valence-corrected chi connectivity index (χ4v) is 4.32. The third-order valence-corrected chi connectivity index (χ3v) is 6.26. The van der Waals surface area contributed by atoms with Gasteiger partial charge in [-0.1, -0.05) is 75.7 Å². The van der Waals surface area contributed by atoms with Crippen LogP contribution in [0, 0.1) is 5.92 Å². The molecule has 0 aliphatic carbocycles. The number of hydrogen-bond acceptors (Lipinski definition) is 9. The van der Waals surface area contributed by atoms with Crippen LogP contribution in [-0.4, -0.2) is 43.4 Å². The number of nitrogens with one attached hydrogen (secondary N) is 1. The van der Waals surface area contributed by atoms with E-state index in [4.69, 9.17) is 9.15 Å². The van der Waals surface area contributed by atoms with Gasteiger partial charge in [-0.3, -0.25) is 4.79 Å². The van der Waals surface area contributed by atoms with Gasteiger partial charge in [0, 0.05) is 18.5 Å². The predicted octanol–water partition coefficient (Wildman–Crippen LogP) is 4.37. The molecule has 0 saturated carbocycles. The molecule has 1 unspecified atom stereocenters. The molecule has 4 aromatic rings. The van der Waals surface area contributed by atoms with E-state index in [1.807, 2.05) is 69.3 Å². The number of unbranched alkanes of at least 4 members (excludes halogenated alkanes) is 1. The third-order valence-electron chi connectivity index (χ3n) is 6.26. The molecule has 204 valence electrons. The maximum atomic E-state index is 13.3. The van der Waals surface area contributed by atoms with Crippen LogP contribution in [0.25, 0.3) is 22.5 Å². The van der Waals surface area contributed by atoms with Crippen molar-refractivity contribution in [3.8, 4) is 22.5 Å². The molecule has 11 heteroatoms. The Hall–Kier alpha value is -4.54. The number of hydrogen-bond donors (Lipinski definition) is 1. The monoisotopic (exact) mass is 533 g/mol. The van der Waals surface area contributed by atoms with Gasteiger partial charge < -0.3 is 18.5 Å². The highest BCUT2D eigenvalue weighted by Gasteiger charge is 2.34. The van der Waals surface area contributed by atoms with Gasteiger partial charge in [-0.15, -0.1) is 10.2 Å². The van der Waals surface area contributed by atoms with E-state index in [2.05, 4.69) is 25.0 Å². The van der Waals surface area contributed by atoms with Crippen molar-refractivity contribution >= 4 is 11.9 Å². The predicted molar refractivity (Wildman–Crippen MR) is 141 cm³/mol. The number of esters is 1. The number of carbonyl (C=O) groups excluding carboxylic acids is 2. The lowest BCUT2D eigenvalue weighted by Crippen LogP contribution is -2.48. The number of ether oxygens (including phenoxy) is 1. The van der Waals surface area contributed by atoms with Crippen molar-refractivity contribution in [3.63, 3.8) is 0 Å². The van der Waals surface area contributed by atoms with Crippen molar-refractivity contribution in [2.24, 2.45) is 5.92 Å². The molecular formula is C28H31N5O6. The van der Waals surface area contributed by atoms with E-state index in [0.717, 1.165) is 34.9 Å². The molecular weight excluding hydrogens is 502 g/mol. The first-order chi connectivity index (χ1) is 18.9. The van der Waals surface area contributed by atoms with Crippen LogP contribution in [0.1, 0.15) is 51.4 Å². The lowest BCUT2D eigenvalue weighted by molar-refractivity contribution is -0.159. The SMILES string of the molecule is CCCCC(=O)N(Cc1ccc(-c2ccccc2-c2nn[nH]n2)cc1)C(C(=O)OCc1coc(=O)o1)C(C)C. The lowest BCUT2D eigenvalue weighted by atomic mass is 9.97. The highest BCUT2D eigenvalue weighted by atomic mass is 16.6. The summed E-state index contributed by atoms with van der Waals surface area (Å²) in [5, 5.41) is 14.3. The van der Waals surface area contributed by atoms with Gasteiger partial charge in [-0.2, -0.15) is 5.21 Å². The Morgan fingerprint density at radius 3 is 2.44 bits per heavy atom. The number of aromatic nitrogens is 4. The smallest absolute Gasteiger partial charge is 0.456 e. The molecule has 0 bridgehead atoms. The number of H-pyrrole nitrogens is 1. The van der Waals surface area contributed by atoms with Crippen LogP contribution in [0.4, 0.5) is 0 Å². The highest BCUT2D eigenvalue weighted by molar-refractivity contribution is 5.85. The Kier molecular flexibility index (Phi) is 9.03. The number of nitrogens with zero attached hydrogens (tertiary/aromatic N) is 4.